The van der Waals surface area contributed by atoms with Crippen molar-refractivity contribution in [3.8, 4) is 12.3 Å². The van der Waals surface area contributed by atoms with E-state index in [0.717, 1.165) is 25.9 Å². The molecule has 0 aromatic rings. The lowest BCUT2D eigenvalue weighted by Gasteiger charge is -2.22. The van der Waals surface area contributed by atoms with Crippen LogP contribution >= 0.6 is 0 Å². The Hall–Kier alpha value is -1.90. The lowest BCUT2D eigenvalue weighted by atomic mass is 10.0. The number of carbonyl (C=O) groups excluding carboxylic acids is 2. The molecule has 0 spiro atoms. The molecule has 2 rings (SSSR count). The Morgan fingerprint density at radius 2 is 2.14 bits per heavy atom. The molecule has 2 aliphatic rings. The number of likely N-dealkylation sites (tertiary alicyclic amines) is 1. The van der Waals surface area contributed by atoms with E-state index in [1.807, 2.05) is 11.9 Å². The monoisotopic (exact) mass is 304 g/mol. The van der Waals surface area contributed by atoms with Crippen LogP contribution in [0, 0.1) is 18.3 Å². The first-order valence-electron chi connectivity index (χ1n) is 7.83. The van der Waals surface area contributed by atoms with Gasteiger partial charge in [0.1, 0.15) is 0 Å². The maximum absolute atomic E-state index is 12.2. The van der Waals surface area contributed by atoms with Crippen LogP contribution in [0.15, 0.2) is 10.2 Å². The van der Waals surface area contributed by atoms with Crippen molar-refractivity contribution in [2.24, 2.45) is 16.1 Å². The first-order chi connectivity index (χ1) is 10.5. The molecule has 2 aliphatic heterocycles. The zero-order valence-corrected chi connectivity index (χ0v) is 13.4. The maximum atomic E-state index is 12.2. The highest BCUT2D eigenvalue weighted by Gasteiger charge is 2.39. The van der Waals surface area contributed by atoms with Crippen LogP contribution in [0.5, 0.6) is 0 Å². The van der Waals surface area contributed by atoms with Crippen molar-refractivity contribution in [3.63, 3.8) is 0 Å². The summed E-state index contributed by atoms with van der Waals surface area (Å²) < 4.78 is 0. The molecule has 0 bridgehead atoms. The molecule has 120 valence electrons. The predicted octanol–water partition coefficient (Wildman–Crippen LogP) is 1.67. The largest absolute Gasteiger partial charge is 0.345 e. The molecule has 2 amide bonds. The van der Waals surface area contributed by atoms with Gasteiger partial charge < -0.3 is 9.80 Å². The van der Waals surface area contributed by atoms with E-state index in [4.69, 9.17) is 6.42 Å². The molecule has 1 fully saturated rings. The maximum Gasteiger partial charge on any atom is 0.222 e. The second kappa shape index (κ2) is 6.91. The molecule has 6 heteroatoms. The highest BCUT2D eigenvalue weighted by atomic mass is 16.2. The predicted molar refractivity (Wildman–Crippen MR) is 82.9 cm³/mol. The van der Waals surface area contributed by atoms with E-state index in [1.54, 1.807) is 11.8 Å². The first-order valence-corrected chi connectivity index (χ1v) is 7.83. The summed E-state index contributed by atoms with van der Waals surface area (Å²) in [5, 5.41) is 8.10. The Labute approximate surface area is 131 Å². The van der Waals surface area contributed by atoms with E-state index in [0.29, 0.717) is 31.7 Å². The fourth-order valence-electron chi connectivity index (χ4n) is 2.92. The summed E-state index contributed by atoms with van der Waals surface area (Å²) in [5.74, 6) is 3.19. The number of carbonyl (C=O) groups is 2. The van der Waals surface area contributed by atoms with Crippen molar-refractivity contribution in [2.75, 3.05) is 26.7 Å². The van der Waals surface area contributed by atoms with Crippen molar-refractivity contribution in [3.05, 3.63) is 0 Å². The van der Waals surface area contributed by atoms with Gasteiger partial charge in [0.25, 0.3) is 0 Å². The third-order valence-corrected chi connectivity index (χ3v) is 4.48. The Morgan fingerprint density at radius 1 is 1.41 bits per heavy atom. The molecule has 0 aromatic carbocycles. The smallest absolute Gasteiger partial charge is 0.222 e. The molecule has 1 unspecified atom stereocenters. The quantitative estimate of drug-likeness (QED) is 0.672. The third kappa shape index (κ3) is 4.30. The van der Waals surface area contributed by atoms with Gasteiger partial charge in [0.15, 0.2) is 5.66 Å². The Kier molecular flexibility index (Phi) is 5.17. The van der Waals surface area contributed by atoms with Crippen LogP contribution in [-0.4, -0.2) is 54.0 Å². The van der Waals surface area contributed by atoms with E-state index in [-0.39, 0.29) is 17.5 Å². The number of hydrogen-bond donors (Lipinski definition) is 0. The molecule has 22 heavy (non-hydrogen) atoms. The number of nitrogens with zero attached hydrogens (tertiary/aromatic N) is 4. The Morgan fingerprint density at radius 3 is 2.68 bits per heavy atom. The average molecular weight is 304 g/mol. The van der Waals surface area contributed by atoms with Crippen LogP contribution < -0.4 is 0 Å². The molecule has 6 nitrogen and oxygen atoms in total. The SMILES string of the molecule is C#CCCC1(CCC(=O)N(C)CC2CCN(C(C)=O)C2)N=N1. The van der Waals surface area contributed by atoms with Gasteiger partial charge in [-0.2, -0.15) is 10.2 Å². The fourth-order valence-corrected chi connectivity index (χ4v) is 2.92. The molecule has 0 radical (unpaired) electrons. The average Bonchev–Trinajstić information content (AvgIpc) is 3.11. The van der Waals surface area contributed by atoms with Gasteiger partial charge in [-0.05, 0) is 12.3 Å². The summed E-state index contributed by atoms with van der Waals surface area (Å²) >= 11 is 0. The molecule has 0 N–H and O–H groups in total. The van der Waals surface area contributed by atoms with E-state index < -0.39 is 0 Å². The highest BCUT2D eigenvalue weighted by molar-refractivity contribution is 5.76. The van der Waals surface area contributed by atoms with Crippen molar-refractivity contribution in [1.82, 2.24) is 9.80 Å². The minimum Gasteiger partial charge on any atom is -0.345 e. The zero-order chi connectivity index (χ0) is 16.2. The second-order valence-corrected chi connectivity index (χ2v) is 6.28. The van der Waals surface area contributed by atoms with Gasteiger partial charge >= 0.3 is 0 Å². The molecule has 0 aliphatic carbocycles. The molecular formula is C16H24N4O2. The number of terminal acetylenes is 1. The van der Waals surface area contributed by atoms with Gasteiger partial charge in [-0.1, -0.05) is 0 Å². The van der Waals surface area contributed by atoms with Crippen LogP contribution in [0.3, 0.4) is 0 Å². The van der Waals surface area contributed by atoms with Gasteiger partial charge in [-0.15, -0.1) is 12.3 Å². The normalized spacial score (nSPS) is 21.5. The molecule has 1 saturated heterocycles. The topological polar surface area (TPSA) is 65.3 Å². The molecular weight excluding hydrogens is 280 g/mol. The molecule has 0 aromatic heterocycles. The van der Waals surface area contributed by atoms with Crippen LogP contribution in [-0.2, 0) is 9.59 Å². The van der Waals surface area contributed by atoms with Crippen LogP contribution in [0.1, 0.15) is 39.0 Å². The number of rotatable bonds is 7. The Balaban J connectivity index is 1.69. The first kappa shape index (κ1) is 16.5. The minimum atomic E-state index is -0.387. The van der Waals surface area contributed by atoms with Crippen molar-refractivity contribution in [2.45, 2.75) is 44.7 Å². The third-order valence-electron chi connectivity index (χ3n) is 4.48. The molecule has 2 heterocycles. The van der Waals surface area contributed by atoms with Crippen molar-refractivity contribution < 1.29 is 9.59 Å². The summed E-state index contributed by atoms with van der Waals surface area (Å²) in [7, 11) is 1.83. The molecule has 0 saturated carbocycles. The van der Waals surface area contributed by atoms with Crippen molar-refractivity contribution >= 4 is 11.8 Å². The van der Waals surface area contributed by atoms with Gasteiger partial charge in [0.05, 0.1) is 0 Å². The van der Waals surface area contributed by atoms with Crippen LogP contribution in [0.25, 0.3) is 0 Å². The van der Waals surface area contributed by atoms with E-state index in [1.165, 1.54) is 0 Å². The second-order valence-electron chi connectivity index (χ2n) is 6.28. The molecule has 1 atom stereocenters. The minimum absolute atomic E-state index is 0.110. The lowest BCUT2D eigenvalue weighted by Crippen LogP contribution is -2.34. The van der Waals surface area contributed by atoms with E-state index in [9.17, 15) is 9.59 Å². The summed E-state index contributed by atoms with van der Waals surface area (Å²) in [6, 6.07) is 0. The van der Waals surface area contributed by atoms with E-state index in [2.05, 4.69) is 16.1 Å². The van der Waals surface area contributed by atoms with Crippen LogP contribution in [0.4, 0.5) is 0 Å². The number of amides is 2. The summed E-state index contributed by atoms with van der Waals surface area (Å²) in [6.07, 6.45) is 8.68. The number of hydrogen-bond acceptors (Lipinski definition) is 4. The Bertz CT molecular complexity index is 503. The summed E-state index contributed by atoms with van der Waals surface area (Å²) in [4.78, 5) is 27.2. The van der Waals surface area contributed by atoms with Crippen LogP contribution in [0.2, 0.25) is 0 Å². The van der Waals surface area contributed by atoms with Gasteiger partial charge in [0.2, 0.25) is 11.8 Å². The lowest BCUT2D eigenvalue weighted by molar-refractivity contribution is -0.130. The van der Waals surface area contributed by atoms with Crippen molar-refractivity contribution in [1.29, 1.82) is 0 Å². The summed E-state index contributed by atoms with van der Waals surface area (Å²) in [6.45, 7) is 3.85. The zero-order valence-electron chi connectivity index (χ0n) is 13.4. The van der Waals surface area contributed by atoms with E-state index >= 15 is 0 Å². The highest BCUT2D eigenvalue weighted by Crippen LogP contribution is 2.37. The fraction of sp³-hybridized carbons (Fsp3) is 0.750. The standard InChI is InChI=1S/C16H24N4O2/c1-4-5-8-16(17-18-16)9-6-15(22)19(3)11-14-7-10-20(12-14)13(2)21/h1,14H,5-12H2,2-3H3. The van der Waals surface area contributed by atoms with Gasteiger partial charge in [-0.3, -0.25) is 9.59 Å². The summed E-state index contributed by atoms with van der Waals surface area (Å²) in [5.41, 5.74) is -0.387. The van der Waals surface area contributed by atoms with Gasteiger partial charge in [-0.25, -0.2) is 0 Å². The van der Waals surface area contributed by atoms with Gasteiger partial charge in [0, 0.05) is 59.3 Å².